The van der Waals surface area contributed by atoms with Crippen molar-refractivity contribution in [2.75, 3.05) is 19.9 Å². The number of hydrogen-bond donors (Lipinski definition) is 1. The van der Waals surface area contributed by atoms with Gasteiger partial charge in [-0.15, -0.1) is 21.5 Å². The number of benzene rings is 1. The molecule has 2 aromatic heterocycles. The second kappa shape index (κ2) is 9.06. The fourth-order valence-corrected chi connectivity index (χ4v) is 3.69. The molecule has 0 unspecified atom stereocenters. The molecular weight excluding hydrogens is 392 g/mol. The number of rotatable bonds is 9. The summed E-state index contributed by atoms with van der Waals surface area (Å²) < 4.78 is 16.4. The molecule has 9 heteroatoms. The fraction of sp³-hybridized carbons (Fsp3) is 0.350. The van der Waals surface area contributed by atoms with Crippen molar-refractivity contribution in [1.82, 2.24) is 20.4 Å². The highest BCUT2D eigenvalue weighted by molar-refractivity contribution is 7.13. The minimum absolute atomic E-state index is 0.0610. The lowest BCUT2D eigenvalue weighted by Crippen LogP contribution is -2.37. The van der Waals surface area contributed by atoms with Gasteiger partial charge >= 0.3 is 0 Å². The average Bonchev–Trinajstić information content (AvgIpc) is 3.46. The van der Waals surface area contributed by atoms with E-state index in [-0.39, 0.29) is 19.2 Å². The summed E-state index contributed by atoms with van der Waals surface area (Å²) in [7, 11) is 0. The number of nitrogens with one attached hydrogen (secondary N) is 1. The lowest BCUT2D eigenvalue weighted by Gasteiger charge is -2.19. The van der Waals surface area contributed by atoms with E-state index in [4.69, 9.17) is 13.9 Å². The van der Waals surface area contributed by atoms with Gasteiger partial charge in [0.2, 0.25) is 18.6 Å². The van der Waals surface area contributed by atoms with Crippen LogP contribution in [0.4, 0.5) is 0 Å². The van der Waals surface area contributed by atoms with Crippen LogP contribution in [-0.4, -0.2) is 40.9 Å². The Morgan fingerprint density at radius 1 is 1.24 bits per heavy atom. The lowest BCUT2D eigenvalue weighted by molar-refractivity contribution is -0.122. The molecule has 3 aromatic rings. The third-order valence-corrected chi connectivity index (χ3v) is 5.25. The Labute approximate surface area is 172 Å². The van der Waals surface area contributed by atoms with Gasteiger partial charge in [-0.2, -0.15) is 0 Å². The molecule has 1 aliphatic heterocycles. The Hall–Kier alpha value is -2.91. The van der Waals surface area contributed by atoms with Crippen molar-refractivity contribution in [3.63, 3.8) is 0 Å². The summed E-state index contributed by atoms with van der Waals surface area (Å²) in [4.78, 5) is 15.4. The van der Waals surface area contributed by atoms with Crippen LogP contribution < -0.4 is 14.8 Å². The zero-order chi connectivity index (χ0) is 20.1. The van der Waals surface area contributed by atoms with Crippen molar-refractivity contribution < 1.29 is 18.7 Å². The molecule has 0 aliphatic carbocycles. The highest BCUT2D eigenvalue weighted by Crippen LogP contribution is 2.32. The van der Waals surface area contributed by atoms with Crippen molar-refractivity contribution >= 4 is 17.2 Å². The van der Waals surface area contributed by atoms with Crippen LogP contribution in [0.1, 0.15) is 24.8 Å². The van der Waals surface area contributed by atoms with E-state index in [1.165, 1.54) is 0 Å². The number of carbonyl (C=O) groups is 1. The van der Waals surface area contributed by atoms with Crippen LogP contribution in [0.5, 0.6) is 11.5 Å². The Kier molecular flexibility index (Phi) is 6.06. The Morgan fingerprint density at radius 3 is 2.97 bits per heavy atom. The molecule has 1 amide bonds. The first-order valence-electron chi connectivity index (χ1n) is 9.45. The number of nitrogens with zero attached hydrogens (tertiary/aromatic N) is 3. The molecule has 4 rings (SSSR count). The van der Waals surface area contributed by atoms with Gasteiger partial charge < -0.3 is 19.2 Å². The predicted octanol–water partition coefficient (Wildman–Crippen LogP) is 3.06. The standard InChI is InChI=1S/C20H22N4O4S/c1-2-7-24(12-19-22-23-20(28-19)17-4-3-8-29-17)11-18(25)21-10-14-5-6-15-16(9-14)27-13-26-15/h3-6,8-9H,2,7,10-13H2,1H3,(H,21,25). The van der Waals surface area contributed by atoms with E-state index in [1.807, 2.05) is 40.6 Å². The van der Waals surface area contributed by atoms with Gasteiger partial charge in [-0.1, -0.05) is 19.1 Å². The maximum Gasteiger partial charge on any atom is 0.257 e. The van der Waals surface area contributed by atoms with E-state index in [2.05, 4.69) is 22.4 Å². The molecule has 0 bridgehead atoms. The summed E-state index contributed by atoms with van der Waals surface area (Å²) in [6.45, 7) is 4.19. The minimum atomic E-state index is -0.0610. The first-order chi connectivity index (χ1) is 14.2. The topological polar surface area (TPSA) is 89.7 Å². The number of hydrogen-bond acceptors (Lipinski definition) is 8. The van der Waals surface area contributed by atoms with Gasteiger partial charge in [-0.3, -0.25) is 9.69 Å². The van der Waals surface area contributed by atoms with Crippen molar-refractivity contribution in [3.8, 4) is 22.3 Å². The summed E-state index contributed by atoms with van der Waals surface area (Å²) in [5.74, 6) is 2.40. The van der Waals surface area contributed by atoms with E-state index < -0.39 is 0 Å². The largest absolute Gasteiger partial charge is 0.454 e. The van der Waals surface area contributed by atoms with E-state index in [0.29, 0.717) is 30.6 Å². The minimum Gasteiger partial charge on any atom is -0.454 e. The first kappa shape index (κ1) is 19.4. The molecular formula is C20H22N4O4S. The molecule has 3 heterocycles. The Bertz CT molecular complexity index is 957. The van der Waals surface area contributed by atoms with Crippen LogP contribution in [0.2, 0.25) is 0 Å². The molecule has 0 radical (unpaired) electrons. The third kappa shape index (κ3) is 4.93. The molecule has 29 heavy (non-hydrogen) atoms. The van der Waals surface area contributed by atoms with Crippen LogP contribution in [0.25, 0.3) is 10.8 Å². The van der Waals surface area contributed by atoms with Gasteiger partial charge in [0, 0.05) is 6.54 Å². The molecule has 0 saturated heterocycles. The fourth-order valence-electron chi connectivity index (χ4n) is 3.05. The predicted molar refractivity (Wildman–Crippen MR) is 108 cm³/mol. The van der Waals surface area contributed by atoms with Crippen molar-refractivity contribution in [3.05, 3.63) is 47.2 Å². The summed E-state index contributed by atoms with van der Waals surface area (Å²) in [6, 6.07) is 9.54. The Morgan fingerprint density at radius 2 is 2.14 bits per heavy atom. The summed E-state index contributed by atoms with van der Waals surface area (Å²) >= 11 is 1.55. The quantitative estimate of drug-likeness (QED) is 0.575. The normalized spacial score (nSPS) is 12.5. The van der Waals surface area contributed by atoms with Crippen LogP contribution in [0.3, 0.4) is 0 Å². The molecule has 0 atom stereocenters. The van der Waals surface area contributed by atoms with Gasteiger partial charge in [0.05, 0.1) is 18.0 Å². The number of carbonyl (C=O) groups excluding carboxylic acids is 1. The van der Waals surface area contributed by atoms with Crippen molar-refractivity contribution in [2.45, 2.75) is 26.4 Å². The molecule has 1 aromatic carbocycles. The van der Waals surface area contributed by atoms with Crippen LogP contribution >= 0.6 is 11.3 Å². The second-order valence-corrected chi connectivity index (χ2v) is 7.60. The van der Waals surface area contributed by atoms with E-state index in [1.54, 1.807) is 11.3 Å². The van der Waals surface area contributed by atoms with Gasteiger partial charge in [-0.25, -0.2) is 0 Å². The van der Waals surface area contributed by atoms with Gasteiger partial charge in [-0.05, 0) is 42.1 Å². The Balaban J connectivity index is 1.31. The van der Waals surface area contributed by atoms with E-state index >= 15 is 0 Å². The number of aromatic nitrogens is 2. The maximum absolute atomic E-state index is 12.4. The molecule has 1 aliphatic rings. The zero-order valence-corrected chi connectivity index (χ0v) is 16.9. The monoisotopic (exact) mass is 414 g/mol. The highest BCUT2D eigenvalue weighted by Gasteiger charge is 2.17. The smallest absolute Gasteiger partial charge is 0.257 e. The van der Waals surface area contributed by atoms with Gasteiger partial charge in [0.15, 0.2) is 11.5 Å². The lowest BCUT2D eigenvalue weighted by atomic mass is 10.2. The van der Waals surface area contributed by atoms with Gasteiger partial charge in [0.1, 0.15) is 0 Å². The highest BCUT2D eigenvalue weighted by atomic mass is 32.1. The summed E-state index contributed by atoms with van der Waals surface area (Å²) in [5, 5.41) is 13.1. The first-order valence-corrected chi connectivity index (χ1v) is 10.3. The summed E-state index contributed by atoms with van der Waals surface area (Å²) in [5.41, 5.74) is 0.960. The second-order valence-electron chi connectivity index (χ2n) is 6.65. The maximum atomic E-state index is 12.4. The summed E-state index contributed by atoms with van der Waals surface area (Å²) in [6.07, 6.45) is 0.918. The van der Waals surface area contributed by atoms with Gasteiger partial charge in [0.25, 0.3) is 5.89 Å². The molecule has 0 spiro atoms. The van der Waals surface area contributed by atoms with Crippen molar-refractivity contribution in [2.24, 2.45) is 0 Å². The third-order valence-electron chi connectivity index (χ3n) is 4.39. The number of fused-ring (bicyclic) bond motifs is 1. The van der Waals surface area contributed by atoms with Crippen LogP contribution in [-0.2, 0) is 17.9 Å². The molecule has 0 fully saturated rings. The SMILES string of the molecule is CCCN(CC(=O)NCc1ccc2c(c1)OCO2)Cc1nnc(-c2cccs2)o1. The number of amides is 1. The van der Waals surface area contributed by atoms with Crippen LogP contribution in [0, 0.1) is 0 Å². The number of thiophene rings is 1. The zero-order valence-electron chi connectivity index (χ0n) is 16.1. The molecule has 1 N–H and O–H groups in total. The van der Waals surface area contributed by atoms with Crippen LogP contribution in [0.15, 0.2) is 40.1 Å². The molecule has 152 valence electrons. The number of ether oxygens (including phenoxy) is 2. The molecule has 0 saturated carbocycles. The average molecular weight is 414 g/mol. The molecule has 8 nitrogen and oxygen atoms in total. The van der Waals surface area contributed by atoms with E-state index in [0.717, 1.165) is 29.2 Å². The van der Waals surface area contributed by atoms with Crippen molar-refractivity contribution in [1.29, 1.82) is 0 Å². The van der Waals surface area contributed by atoms with E-state index in [9.17, 15) is 4.79 Å².